The average molecular weight is 362 g/mol. The molecule has 0 bridgehead atoms. The number of hydrogen-bond donors (Lipinski definition) is 1. The van der Waals surface area contributed by atoms with Gasteiger partial charge in [-0.2, -0.15) is 0 Å². The van der Waals surface area contributed by atoms with Crippen LogP contribution in [0.4, 0.5) is 0 Å². The van der Waals surface area contributed by atoms with Crippen LogP contribution < -0.4 is 4.74 Å². The maximum atomic E-state index is 11.3. The highest BCUT2D eigenvalue weighted by Crippen LogP contribution is 2.23. The van der Waals surface area contributed by atoms with E-state index in [1.165, 1.54) is 13.2 Å². The molecule has 1 aromatic carbocycles. The van der Waals surface area contributed by atoms with Gasteiger partial charge in [-0.05, 0) is 40.8 Å². The molecule has 0 spiro atoms. The van der Waals surface area contributed by atoms with Crippen molar-refractivity contribution >= 4 is 34.5 Å². The summed E-state index contributed by atoms with van der Waals surface area (Å²) in [6, 6.07) is 4.79. The Bertz CT molecular complexity index is 495. The van der Waals surface area contributed by atoms with Crippen LogP contribution in [-0.2, 0) is 9.53 Å². The maximum Gasteiger partial charge on any atom is 0.337 e. The number of esters is 1. The van der Waals surface area contributed by atoms with Crippen molar-refractivity contribution in [1.82, 2.24) is 0 Å². The Hall–Kier alpha value is -1.57. The van der Waals surface area contributed by atoms with E-state index in [-0.39, 0.29) is 12.2 Å². The highest BCUT2D eigenvalue weighted by molar-refractivity contribution is 14.1. The van der Waals surface area contributed by atoms with Crippen molar-refractivity contribution in [3.8, 4) is 5.75 Å². The largest absolute Gasteiger partial charge is 0.488 e. The van der Waals surface area contributed by atoms with Crippen LogP contribution in [0.1, 0.15) is 10.4 Å². The van der Waals surface area contributed by atoms with Crippen LogP contribution in [-0.4, -0.2) is 30.8 Å². The van der Waals surface area contributed by atoms with Crippen molar-refractivity contribution in [2.45, 2.75) is 0 Å². The third kappa shape index (κ3) is 3.73. The minimum Gasteiger partial charge on any atom is -0.488 e. The van der Waals surface area contributed by atoms with Gasteiger partial charge in [0.1, 0.15) is 12.4 Å². The lowest BCUT2D eigenvalue weighted by Gasteiger charge is -2.09. The number of carboxylic acid groups (broad SMARTS) is 1. The Morgan fingerprint density at radius 1 is 1.44 bits per heavy atom. The second-order valence-corrected chi connectivity index (χ2v) is 4.50. The van der Waals surface area contributed by atoms with Crippen molar-refractivity contribution in [2.75, 3.05) is 13.7 Å². The van der Waals surface area contributed by atoms with Gasteiger partial charge in [-0.3, -0.25) is 0 Å². The van der Waals surface area contributed by atoms with E-state index in [0.717, 1.165) is 3.57 Å². The zero-order valence-corrected chi connectivity index (χ0v) is 11.8. The molecule has 0 atom stereocenters. The third-order valence-corrected chi connectivity index (χ3v) is 2.95. The van der Waals surface area contributed by atoms with E-state index in [1.54, 1.807) is 12.1 Å². The van der Waals surface area contributed by atoms with Crippen molar-refractivity contribution in [3.63, 3.8) is 0 Å². The lowest BCUT2D eigenvalue weighted by Crippen LogP contribution is -2.10. The fourth-order valence-electron chi connectivity index (χ4n) is 1.09. The first-order valence-electron chi connectivity index (χ1n) is 4.87. The molecule has 0 heterocycles. The smallest absolute Gasteiger partial charge is 0.337 e. The minimum absolute atomic E-state index is 0.0609. The second-order valence-electron chi connectivity index (χ2n) is 3.33. The zero-order valence-electron chi connectivity index (χ0n) is 9.60. The van der Waals surface area contributed by atoms with Gasteiger partial charge in [0.15, 0.2) is 0 Å². The van der Waals surface area contributed by atoms with Gasteiger partial charge in [-0.25, -0.2) is 9.59 Å². The number of aliphatic carboxylic acids is 1. The van der Waals surface area contributed by atoms with Crippen LogP contribution in [0, 0.1) is 3.57 Å². The number of carbonyl (C=O) groups excluding carboxylic acids is 1. The first-order valence-corrected chi connectivity index (χ1v) is 5.95. The van der Waals surface area contributed by atoms with E-state index in [0.29, 0.717) is 11.3 Å². The third-order valence-electron chi connectivity index (χ3n) is 2.06. The van der Waals surface area contributed by atoms with Gasteiger partial charge in [0.2, 0.25) is 0 Å². The summed E-state index contributed by atoms with van der Waals surface area (Å²) in [5.41, 5.74) is 0.281. The van der Waals surface area contributed by atoms with Crippen molar-refractivity contribution in [3.05, 3.63) is 39.5 Å². The number of halogens is 1. The summed E-state index contributed by atoms with van der Waals surface area (Å²) < 4.78 is 10.6. The summed E-state index contributed by atoms with van der Waals surface area (Å²) in [6.45, 7) is 3.21. The number of hydrogen-bond acceptors (Lipinski definition) is 4. The first kappa shape index (κ1) is 14.5. The first-order chi connectivity index (χ1) is 8.45. The van der Waals surface area contributed by atoms with E-state index in [2.05, 4.69) is 11.3 Å². The Kier molecular flexibility index (Phi) is 5.14. The van der Waals surface area contributed by atoms with Crippen LogP contribution in [0.2, 0.25) is 0 Å². The van der Waals surface area contributed by atoms with Crippen LogP contribution >= 0.6 is 22.6 Å². The molecule has 0 amide bonds. The quantitative estimate of drug-likeness (QED) is 0.494. The number of carbonyl (C=O) groups is 2. The molecule has 0 fully saturated rings. The van der Waals surface area contributed by atoms with E-state index in [4.69, 9.17) is 9.84 Å². The Labute approximate surface area is 118 Å². The van der Waals surface area contributed by atoms with Gasteiger partial charge in [-0.1, -0.05) is 6.58 Å². The Morgan fingerprint density at radius 3 is 2.67 bits per heavy atom. The highest BCUT2D eigenvalue weighted by Gasteiger charge is 2.11. The van der Waals surface area contributed by atoms with Crippen molar-refractivity contribution in [2.24, 2.45) is 0 Å². The summed E-state index contributed by atoms with van der Waals surface area (Å²) in [4.78, 5) is 21.9. The molecule has 0 saturated heterocycles. The number of rotatable bonds is 5. The molecule has 0 aromatic heterocycles. The SMILES string of the molecule is C=C(COc1cc(C(=O)OC)ccc1I)C(=O)O. The van der Waals surface area contributed by atoms with Crippen LogP contribution in [0.15, 0.2) is 30.4 Å². The number of benzene rings is 1. The maximum absolute atomic E-state index is 11.3. The molecule has 0 aliphatic carbocycles. The van der Waals surface area contributed by atoms with Gasteiger partial charge >= 0.3 is 11.9 Å². The average Bonchev–Trinajstić information content (AvgIpc) is 2.36. The lowest BCUT2D eigenvalue weighted by atomic mass is 10.2. The Balaban J connectivity index is 2.85. The van der Waals surface area contributed by atoms with Gasteiger partial charge < -0.3 is 14.6 Å². The summed E-state index contributed by atoms with van der Waals surface area (Å²) in [5, 5.41) is 8.65. The van der Waals surface area contributed by atoms with Crippen molar-refractivity contribution < 1.29 is 24.2 Å². The molecule has 0 unspecified atom stereocenters. The summed E-state index contributed by atoms with van der Waals surface area (Å²) in [7, 11) is 1.28. The molecule has 96 valence electrons. The van der Waals surface area contributed by atoms with E-state index in [9.17, 15) is 9.59 Å². The summed E-state index contributed by atoms with van der Waals surface area (Å²) in [5.74, 6) is -1.18. The number of carboxylic acids is 1. The topological polar surface area (TPSA) is 72.8 Å². The molecule has 1 rings (SSSR count). The molecule has 5 nitrogen and oxygen atoms in total. The van der Waals surface area contributed by atoms with E-state index < -0.39 is 11.9 Å². The van der Waals surface area contributed by atoms with E-state index in [1.807, 2.05) is 22.6 Å². The van der Waals surface area contributed by atoms with E-state index >= 15 is 0 Å². The Morgan fingerprint density at radius 2 is 2.11 bits per heavy atom. The van der Waals surface area contributed by atoms with Gasteiger partial charge in [-0.15, -0.1) is 0 Å². The molecule has 6 heteroatoms. The summed E-state index contributed by atoms with van der Waals surface area (Å²) >= 11 is 2.02. The number of ether oxygens (including phenoxy) is 2. The molecule has 1 aromatic rings. The molecule has 0 saturated carbocycles. The normalized spacial score (nSPS) is 9.67. The van der Waals surface area contributed by atoms with Crippen LogP contribution in [0.5, 0.6) is 5.75 Å². The van der Waals surface area contributed by atoms with Crippen LogP contribution in [0.25, 0.3) is 0 Å². The fraction of sp³-hybridized carbons (Fsp3) is 0.167. The van der Waals surface area contributed by atoms with Crippen molar-refractivity contribution in [1.29, 1.82) is 0 Å². The zero-order chi connectivity index (χ0) is 13.7. The monoisotopic (exact) mass is 362 g/mol. The lowest BCUT2D eigenvalue weighted by molar-refractivity contribution is -0.133. The highest BCUT2D eigenvalue weighted by atomic mass is 127. The fourth-order valence-corrected chi connectivity index (χ4v) is 1.58. The van der Waals surface area contributed by atoms with Crippen LogP contribution in [0.3, 0.4) is 0 Å². The molecular formula is C12H11IO5. The molecule has 1 N–H and O–H groups in total. The predicted molar refractivity (Wildman–Crippen MR) is 72.8 cm³/mol. The molecule has 0 aliphatic rings. The summed E-state index contributed by atoms with van der Waals surface area (Å²) in [6.07, 6.45) is 0. The predicted octanol–water partition coefficient (Wildman–Crippen LogP) is 2.10. The second kappa shape index (κ2) is 6.39. The molecule has 0 radical (unpaired) electrons. The van der Waals surface area contributed by atoms with Gasteiger partial charge in [0, 0.05) is 0 Å². The number of methoxy groups -OCH3 is 1. The minimum atomic E-state index is -1.12. The van der Waals surface area contributed by atoms with Gasteiger partial charge in [0.25, 0.3) is 0 Å². The molecule has 0 aliphatic heterocycles. The molecular weight excluding hydrogens is 351 g/mol. The van der Waals surface area contributed by atoms with Gasteiger partial charge in [0.05, 0.1) is 21.8 Å². The molecule has 18 heavy (non-hydrogen) atoms. The standard InChI is InChI=1S/C12H11IO5/c1-7(11(14)15)6-18-10-5-8(12(16)17-2)3-4-9(10)13/h3-5H,1,6H2,2H3,(H,14,15).